The van der Waals surface area contributed by atoms with Gasteiger partial charge >= 0.3 is 0 Å². The average molecular weight is 258 g/mol. The lowest BCUT2D eigenvalue weighted by Gasteiger charge is -2.33. The minimum atomic E-state index is 0.896. The van der Waals surface area contributed by atoms with Gasteiger partial charge in [0.1, 0.15) is 0 Å². The Hall–Kier alpha value is -0.0400. The number of likely N-dealkylation sites (tertiary alicyclic amines) is 1. The summed E-state index contributed by atoms with van der Waals surface area (Å²) in [5, 5.41) is 0. The lowest BCUT2D eigenvalue weighted by molar-refractivity contribution is 0.156. The largest absolute Gasteiger partial charge is 0.303 e. The molecule has 1 heteroatoms. The van der Waals surface area contributed by atoms with Crippen LogP contribution in [0.2, 0.25) is 0 Å². The van der Waals surface area contributed by atoms with Gasteiger partial charge in [-0.1, -0.05) is 61.3 Å². The van der Waals surface area contributed by atoms with Crippen molar-refractivity contribution in [2.24, 2.45) is 11.8 Å². The SMILES string of the molecule is CC.CC.CCCCCN1CCC(C(C)C)CC1. The second kappa shape index (κ2) is 15.0. The molecule has 1 nitrogen and oxygen atoms in total. The van der Waals surface area contributed by atoms with Gasteiger partial charge in [0.15, 0.2) is 0 Å². The van der Waals surface area contributed by atoms with E-state index in [1.54, 1.807) is 0 Å². The zero-order valence-electron chi connectivity index (χ0n) is 14.3. The molecule has 0 bridgehead atoms. The first-order valence-electron chi connectivity index (χ1n) is 8.46. The average Bonchev–Trinajstić information content (AvgIpc) is 2.44. The first-order chi connectivity index (χ1) is 8.74. The van der Waals surface area contributed by atoms with Crippen molar-refractivity contribution < 1.29 is 0 Å². The number of hydrogen-bond acceptors (Lipinski definition) is 1. The van der Waals surface area contributed by atoms with E-state index in [4.69, 9.17) is 0 Å². The van der Waals surface area contributed by atoms with Gasteiger partial charge in [0, 0.05) is 0 Å². The third kappa shape index (κ3) is 9.94. The lowest BCUT2D eigenvalue weighted by atomic mass is 9.87. The normalized spacial score (nSPS) is 16.7. The molecule has 0 N–H and O–H groups in total. The number of hydrogen-bond donors (Lipinski definition) is 0. The zero-order valence-corrected chi connectivity index (χ0v) is 14.3. The zero-order chi connectivity index (χ0) is 14.4. The van der Waals surface area contributed by atoms with Crippen LogP contribution in [0.25, 0.3) is 0 Å². The van der Waals surface area contributed by atoms with E-state index >= 15 is 0 Å². The van der Waals surface area contributed by atoms with Crippen molar-refractivity contribution in [2.75, 3.05) is 19.6 Å². The molecule has 0 saturated carbocycles. The Morgan fingerprint density at radius 1 is 0.944 bits per heavy atom. The van der Waals surface area contributed by atoms with Gasteiger partial charge in [0.25, 0.3) is 0 Å². The Labute approximate surface area is 117 Å². The smallest absolute Gasteiger partial charge is 0.00160 e. The van der Waals surface area contributed by atoms with E-state index in [9.17, 15) is 0 Å². The molecule has 1 rings (SSSR count). The van der Waals surface area contributed by atoms with Gasteiger partial charge < -0.3 is 4.90 Å². The van der Waals surface area contributed by atoms with Crippen LogP contribution in [0.1, 0.15) is 80.6 Å². The number of unbranched alkanes of at least 4 members (excludes halogenated alkanes) is 2. The summed E-state index contributed by atoms with van der Waals surface area (Å²) in [6.45, 7) is 19.1. The van der Waals surface area contributed by atoms with E-state index in [0.717, 1.165) is 11.8 Å². The predicted octanol–water partition coefficient (Wildman–Crippen LogP) is 5.60. The highest BCUT2D eigenvalue weighted by molar-refractivity contribution is 4.74. The molecule has 1 aliphatic heterocycles. The van der Waals surface area contributed by atoms with Gasteiger partial charge in [-0.3, -0.25) is 0 Å². The number of rotatable bonds is 5. The van der Waals surface area contributed by atoms with Crippen LogP contribution in [0.5, 0.6) is 0 Å². The highest BCUT2D eigenvalue weighted by Crippen LogP contribution is 2.24. The van der Waals surface area contributed by atoms with Crippen LogP contribution in [0.15, 0.2) is 0 Å². The van der Waals surface area contributed by atoms with Crippen molar-refractivity contribution in [1.29, 1.82) is 0 Å². The van der Waals surface area contributed by atoms with E-state index in [1.165, 1.54) is 51.7 Å². The van der Waals surface area contributed by atoms with E-state index in [1.807, 2.05) is 27.7 Å². The molecule has 1 fully saturated rings. The van der Waals surface area contributed by atoms with Crippen molar-refractivity contribution in [3.05, 3.63) is 0 Å². The molecule has 18 heavy (non-hydrogen) atoms. The molecule has 1 heterocycles. The molecule has 0 spiro atoms. The van der Waals surface area contributed by atoms with E-state index in [-0.39, 0.29) is 0 Å². The number of nitrogens with zero attached hydrogens (tertiary/aromatic N) is 1. The summed E-state index contributed by atoms with van der Waals surface area (Å²) in [6, 6.07) is 0. The van der Waals surface area contributed by atoms with Crippen molar-refractivity contribution in [2.45, 2.75) is 80.6 Å². The van der Waals surface area contributed by atoms with Crippen LogP contribution >= 0.6 is 0 Å². The summed E-state index contributed by atoms with van der Waals surface area (Å²) in [5.74, 6) is 1.89. The van der Waals surface area contributed by atoms with Crippen molar-refractivity contribution in [3.8, 4) is 0 Å². The van der Waals surface area contributed by atoms with Crippen molar-refractivity contribution >= 4 is 0 Å². The molecule has 0 aromatic rings. The Morgan fingerprint density at radius 2 is 1.44 bits per heavy atom. The van der Waals surface area contributed by atoms with Gasteiger partial charge in [-0.25, -0.2) is 0 Å². The van der Waals surface area contributed by atoms with Crippen LogP contribution in [-0.2, 0) is 0 Å². The Balaban J connectivity index is 0. The minimum absolute atomic E-state index is 0.896. The quantitative estimate of drug-likeness (QED) is 0.580. The lowest BCUT2D eigenvalue weighted by Crippen LogP contribution is -2.35. The molecule has 0 unspecified atom stereocenters. The Bertz CT molecular complexity index is 135. The summed E-state index contributed by atoms with van der Waals surface area (Å²) in [4.78, 5) is 2.66. The Morgan fingerprint density at radius 3 is 1.83 bits per heavy atom. The Kier molecular flexibility index (Phi) is 16.9. The van der Waals surface area contributed by atoms with E-state index in [2.05, 4.69) is 25.7 Å². The fourth-order valence-electron chi connectivity index (χ4n) is 2.43. The molecule has 0 aromatic heterocycles. The van der Waals surface area contributed by atoms with Crippen molar-refractivity contribution in [1.82, 2.24) is 4.90 Å². The van der Waals surface area contributed by atoms with Crippen LogP contribution in [0.3, 0.4) is 0 Å². The molecule has 112 valence electrons. The fraction of sp³-hybridized carbons (Fsp3) is 1.00. The molecular weight excluding hydrogens is 218 g/mol. The molecular formula is C17H39N. The van der Waals surface area contributed by atoms with Gasteiger partial charge in [-0.2, -0.15) is 0 Å². The summed E-state index contributed by atoms with van der Waals surface area (Å²) >= 11 is 0. The summed E-state index contributed by atoms with van der Waals surface area (Å²) < 4.78 is 0. The molecule has 0 atom stereocenters. The van der Waals surface area contributed by atoms with E-state index < -0.39 is 0 Å². The second-order valence-corrected chi connectivity index (χ2v) is 5.13. The van der Waals surface area contributed by atoms with Crippen molar-refractivity contribution in [3.63, 3.8) is 0 Å². The topological polar surface area (TPSA) is 3.24 Å². The monoisotopic (exact) mass is 257 g/mol. The van der Waals surface area contributed by atoms with Crippen LogP contribution in [0, 0.1) is 11.8 Å². The number of piperidine rings is 1. The minimum Gasteiger partial charge on any atom is -0.303 e. The van der Waals surface area contributed by atoms with Crippen LogP contribution in [0.4, 0.5) is 0 Å². The second-order valence-electron chi connectivity index (χ2n) is 5.13. The summed E-state index contributed by atoms with van der Waals surface area (Å²) in [7, 11) is 0. The van der Waals surface area contributed by atoms with E-state index in [0.29, 0.717) is 0 Å². The van der Waals surface area contributed by atoms with Crippen LogP contribution < -0.4 is 0 Å². The third-order valence-electron chi connectivity index (χ3n) is 3.65. The predicted molar refractivity (Wildman–Crippen MR) is 86.2 cm³/mol. The fourth-order valence-corrected chi connectivity index (χ4v) is 2.43. The van der Waals surface area contributed by atoms with Gasteiger partial charge in [-0.15, -0.1) is 0 Å². The third-order valence-corrected chi connectivity index (χ3v) is 3.65. The molecule has 0 amide bonds. The molecule has 1 aliphatic rings. The maximum Gasteiger partial charge on any atom is -0.00160 e. The standard InChI is InChI=1S/C13H27N.2C2H6/c1-4-5-6-9-14-10-7-13(8-11-14)12(2)3;2*1-2/h12-13H,4-11H2,1-3H3;2*1-2H3. The molecule has 0 aromatic carbocycles. The maximum absolute atomic E-state index is 2.66. The van der Waals surface area contributed by atoms with Gasteiger partial charge in [0.05, 0.1) is 0 Å². The highest BCUT2D eigenvalue weighted by atomic mass is 15.1. The summed E-state index contributed by atoms with van der Waals surface area (Å²) in [6.07, 6.45) is 7.03. The van der Waals surface area contributed by atoms with Gasteiger partial charge in [-0.05, 0) is 50.7 Å². The first-order valence-corrected chi connectivity index (χ1v) is 8.46. The maximum atomic E-state index is 2.66. The molecule has 0 aliphatic carbocycles. The molecule has 0 radical (unpaired) electrons. The highest BCUT2D eigenvalue weighted by Gasteiger charge is 2.20. The van der Waals surface area contributed by atoms with Gasteiger partial charge in [0.2, 0.25) is 0 Å². The summed E-state index contributed by atoms with van der Waals surface area (Å²) in [5.41, 5.74) is 0. The first kappa shape index (κ1) is 20.3. The van der Waals surface area contributed by atoms with Crippen LogP contribution in [-0.4, -0.2) is 24.5 Å². The molecule has 1 saturated heterocycles.